The van der Waals surface area contributed by atoms with Gasteiger partial charge in [-0.25, -0.2) is 4.39 Å². The Morgan fingerprint density at radius 3 is 2.67 bits per heavy atom. The van der Waals surface area contributed by atoms with Gasteiger partial charge >= 0.3 is 5.97 Å². The van der Waals surface area contributed by atoms with Crippen LogP contribution in [0, 0.1) is 0 Å². The third-order valence-electron chi connectivity index (χ3n) is 1.83. The van der Waals surface area contributed by atoms with Gasteiger partial charge in [0, 0.05) is 13.5 Å². The van der Waals surface area contributed by atoms with E-state index in [-0.39, 0.29) is 25.3 Å². The summed E-state index contributed by atoms with van der Waals surface area (Å²) < 4.78 is 22.7. The Labute approximate surface area is 90.1 Å². The second-order valence-corrected chi connectivity index (χ2v) is 3.27. The highest BCUT2D eigenvalue weighted by Gasteiger charge is 2.06. The summed E-state index contributed by atoms with van der Waals surface area (Å²) >= 11 is 0. The van der Waals surface area contributed by atoms with Crippen LogP contribution in [0.4, 0.5) is 4.39 Å². The molecule has 0 saturated heterocycles. The lowest BCUT2D eigenvalue weighted by Gasteiger charge is -2.15. The van der Waals surface area contributed by atoms with Crippen LogP contribution in [0.5, 0.6) is 0 Å². The smallest absolute Gasteiger partial charge is 0.302 e. The number of ether oxygens (including phenoxy) is 2. The molecule has 0 spiro atoms. The molecule has 90 valence electrons. The Balaban J connectivity index is 3.33. The predicted molar refractivity (Wildman–Crippen MR) is 55.2 cm³/mol. The first-order chi connectivity index (χ1) is 7.06. The minimum absolute atomic E-state index is 0.230. The normalized spacial score (nSPS) is 14.7. The summed E-state index contributed by atoms with van der Waals surface area (Å²) in [5.41, 5.74) is 0. The number of hydrogen-bond donors (Lipinski definition) is 1. The van der Waals surface area contributed by atoms with Crippen molar-refractivity contribution in [1.29, 1.82) is 0 Å². The average molecular weight is 221 g/mol. The molecule has 0 radical (unpaired) electrons. The third kappa shape index (κ3) is 9.62. The van der Waals surface area contributed by atoms with Crippen LogP contribution in [0.25, 0.3) is 0 Å². The van der Waals surface area contributed by atoms with Crippen molar-refractivity contribution in [3.63, 3.8) is 0 Å². The molecular weight excluding hydrogens is 201 g/mol. The van der Waals surface area contributed by atoms with Crippen LogP contribution >= 0.6 is 0 Å². The SMILES string of the molecule is CCC(F)CNC(C)OCCOC(C)=O. The lowest BCUT2D eigenvalue weighted by Crippen LogP contribution is -2.34. The van der Waals surface area contributed by atoms with Gasteiger partial charge in [0.15, 0.2) is 0 Å². The number of hydrogen-bond acceptors (Lipinski definition) is 4. The molecule has 0 amide bonds. The predicted octanol–water partition coefficient (Wildman–Crippen LogP) is 1.25. The van der Waals surface area contributed by atoms with Gasteiger partial charge in [-0.2, -0.15) is 0 Å². The highest BCUT2D eigenvalue weighted by atomic mass is 19.1. The van der Waals surface area contributed by atoms with E-state index in [1.165, 1.54) is 6.92 Å². The molecule has 0 heterocycles. The number of halogens is 1. The van der Waals surface area contributed by atoms with Crippen molar-refractivity contribution in [2.75, 3.05) is 19.8 Å². The molecule has 15 heavy (non-hydrogen) atoms. The van der Waals surface area contributed by atoms with Crippen LogP contribution < -0.4 is 5.32 Å². The van der Waals surface area contributed by atoms with Gasteiger partial charge in [-0.05, 0) is 13.3 Å². The summed E-state index contributed by atoms with van der Waals surface area (Å²) in [6.07, 6.45) is -0.581. The van der Waals surface area contributed by atoms with Crippen LogP contribution in [0.1, 0.15) is 27.2 Å². The number of carbonyl (C=O) groups is 1. The molecule has 0 saturated carbocycles. The van der Waals surface area contributed by atoms with E-state index < -0.39 is 6.17 Å². The van der Waals surface area contributed by atoms with Gasteiger partial charge in [0.1, 0.15) is 19.0 Å². The van der Waals surface area contributed by atoms with E-state index in [9.17, 15) is 9.18 Å². The molecule has 0 aliphatic rings. The van der Waals surface area contributed by atoms with E-state index in [1.807, 2.05) is 0 Å². The fourth-order valence-electron chi connectivity index (χ4n) is 0.907. The molecule has 1 N–H and O–H groups in total. The maximum Gasteiger partial charge on any atom is 0.302 e. The molecule has 0 aromatic heterocycles. The van der Waals surface area contributed by atoms with E-state index in [4.69, 9.17) is 4.74 Å². The van der Waals surface area contributed by atoms with Crippen LogP contribution in [0.3, 0.4) is 0 Å². The first kappa shape index (κ1) is 14.3. The second-order valence-electron chi connectivity index (χ2n) is 3.27. The van der Waals surface area contributed by atoms with Crippen molar-refractivity contribution in [1.82, 2.24) is 5.32 Å². The molecule has 0 aromatic rings. The van der Waals surface area contributed by atoms with Crippen molar-refractivity contribution in [3.8, 4) is 0 Å². The minimum atomic E-state index is -0.843. The van der Waals surface area contributed by atoms with Crippen LogP contribution in [-0.4, -0.2) is 38.1 Å². The summed E-state index contributed by atoms with van der Waals surface area (Å²) in [5, 5.41) is 2.88. The van der Waals surface area contributed by atoms with Crippen molar-refractivity contribution in [2.45, 2.75) is 39.6 Å². The molecule has 0 fully saturated rings. The standard InChI is InChI=1S/C10H20FNO3/c1-4-10(11)7-12-8(2)14-5-6-15-9(3)13/h8,10,12H,4-7H2,1-3H3. The van der Waals surface area contributed by atoms with Gasteiger partial charge in [0.25, 0.3) is 0 Å². The first-order valence-electron chi connectivity index (χ1n) is 5.18. The zero-order valence-corrected chi connectivity index (χ0v) is 9.59. The van der Waals surface area contributed by atoms with E-state index >= 15 is 0 Å². The molecule has 5 heteroatoms. The van der Waals surface area contributed by atoms with Crippen molar-refractivity contribution >= 4 is 5.97 Å². The number of alkyl halides is 1. The van der Waals surface area contributed by atoms with Gasteiger partial charge in [-0.1, -0.05) is 6.92 Å². The molecule has 0 bridgehead atoms. The minimum Gasteiger partial charge on any atom is -0.463 e. The molecule has 2 unspecified atom stereocenters. The summed E-state index contributed by atoms with van der Waals surface area (Å²) in [6.45, 7) is 5.75. The summed E-state index contributed by atoms with van der Waals surface area (Å²) in [4.78, 5) is 10.4. The fourth-order valence-corrected chi connectivity index (χ4v) is 0.907. The third-order valence-corrected chi connectivity index (χ3v) is 1.83. The van der Waals surface area contributed by atoms with Gasteiger partial charge in [-0.15, -0.1) is 0 Å². The maximum absolute atomic E-state index is 12.8. The molecule has 2 atom stereocenters. The Morgan fingerprint density at radius 2 is 2.13 bits per heavy atom. The van der Waals surface area contributed by atoms with E-state index in [2.05, 4.69) is 10.1 Å². The molecular formula is C10H20FNO3. The lowest BCUT2D eigenvalue weighted by molar-refractivity contribution is -0.143. The molecule has 0 aliphatic heterocycles. The van der Waals surface area contributed by atoms with Gasteiger partial charge < -0.3 is 9.47 Å². The van der Waals surface area contributed by atoms with Gasteiger partial charge in [-0.3, -0.25) is 10.1 Å². The maximum atomic E-state index is 12.8. The zero-order valence-electron chi connectivity index (χ0n) is 9.59. The van der Waals surface area contributed by atoms with E-state index in [1.54, 1.807) is 13.8 Å². The van der Waals surface area contributed by atoms with E-state index in [0.29, 0.717) is 13.0 Å². The summed E-state index contributed by atoms with van der Waals surface area (Å²) in [5.74, 6) is -0.325. The van der Waals surface area contributed by atoms with E-state index in [0.717, 1.165) is 0 Å². The number of carbonyl (C=O) groups excluding carboxylic acids is 1. The Morgan fingerprint density at radius 1 is 1.47 bits per heavy atom. The monoisotopic (exact) mass is 221 g/mol. The Bertz CT molecular complexity index is 178. The first-order valence-corrected chi connectivity index (χ1v) is 5.18. The summed E-state index contributed by atoms with van der Waals surface area (Å²) in [7, 11) is 0. The van der Waals surface area contributed by atoms with Crippen molar-refractivity contribution in [3.05, 3.63) is 0 Å². The number of rotatable bonds is 8. The summed E-state index contributed by atoms with van der Waals surface area (Å²) in [6, 6.07) is 0. The molecule has 0 rings (SSSR count). The zero-order chi connectivity index (χ0) is 11.7. The van der Waals surface area contributed by atoms with Crippen LogP contribution in [-0.2, 0) is 14.3 Å². The fraction of sp³-hybridized carbons (Fsp3) is 0.900. The highest BCUT2D eigenvalue weighted by molar-refractivity contribution is 5.65. The number of nitrogens with one attached hydrogen (secondary N) is 1. The molecule has 4 nitrogen and oxygen atoms in total. The molecule has 0 aliphatic carbocycles. The quantitative estimate of drug-likeness (QED) is 0.381. The average Bonchev–Trinajstić information content (AvgIpc) is 2.20. The van der Waals surface area contributed by atoms with Crippen molar-refractivity contribution < 1.29 is 18.7 Å². The Hall–Kier alpha value is -0.680. The second kappa shape index (κ2) is 8.61. The van der Waals surface area contributed by atoms with Gasteiger partial charge in [0.05, 0.1) is 6.61 Å². The largest absolute Gasteiger partial charge is 0.463 e. The van der Waals surface area contributed by atoms with Crippen molar-refractivity contribution in [2.24, 2.45) is 0 Å². The topological polar surface area (TPSA) is 47.6 Å². The highest BCUT2D eigenvalue weighted by Crippen LogP contribution is 1.95. The van der Waals surface area contributed by atoms with Gasteiger partial charge in [0.2, 0.25) is 0 Å². The number of esters is 1. The van der Waals surface area contributed by atoms with Crippen LogP contribution in [0.2, 0.25) is 0 Å². The molecule has 0 aromatic carbocycles. The lowest BCUT2D eigenvalue weighted by atomic mass is 10.3. The van der Waals surface area contributed by atoms with Crippen LogP contribution in [0.15, 0.2) is 0 Å². The Kier molecular flexibility index (Phi) is 8.22.